The van der Waals surface area contributed by atoms with Crippen molar-refractivity contribution in [2.45, 2.75) is 14.4 Å². The summed E-state index contributed by atoms with van der Waals surface area (Å²) in [5, 5.41) is 0. The van der Waals surface area contributed by atoms with Gasteiger partial charge in [-0.1, -0.05) is 7.43 Å². The van der Waals surface area contributed by atoms with Gasteiger partial charge in [-0.15, -0.1) is 0 Å². The standard InChI is InChI=1S/C6H7NO.CH4/c1-5-2-3-7-6(8)4-5;/h2-4H,1H3,(H,7,8);1H4. The van der Waals surface area contributed by atoms with Gasteiger partial charge < -0.3 is 4.98 Å². The van der Waals surface area contributed by atoms with E-state index in [-0.39, 0.29) is 13.0 Å². The molecule has 0 spiro atoms. The minimum atomic E-state index is -0.0370. The second kappa shape index (κ2) is 3.07. The maximum absolute atomic E-state index is 10.4. The summed E-state index contributed by atoms with van der Waals surface area (Å²) in [6, 6.07) is 3.40. The molecule has 0 bridgehead atoms. The van der Waals surface area contributed by atoms with E-state index in [4.69, 9.17) is 0 Å². The number of aromatic amines is 1. The highest BCUT2D eigenvalue weighted by Crippen LogP contribution is 1.84. The van der Waals surface area contributed by atoms with Crippen molar-refractivity contribution in [2.75, 3.05) is 0 Å². The zero-order valence-electron chi connectivity index (χ0n) is 4.64. The molecule has 0 aliphatic carbocycles. The van der Waals surface area contributed by atoms with Crippen LogP contribution in [0.3, 0.4) is 0 Å². The van der Waals surface area contributed by atoms with E-state index in [1.54, 1.807) is 12.3 Å². The molecule has 0 fully saturated rings. The molecule has 0 atom stereocenters. The molecule has 0 saturated heterocycles. The molecule has 9 heavy (non-hydrogen) atoms. The van der Waals surface area contributed by atoms with E-state index in [1.165, 1.54) is 0 Å². The molecule has 0 amide bonds. The molecule has 2 nitrogen and oxygen atoms in total. The summed E-state index contributed by atoms with van der Waals surface area (Å²) in [6.45, 7) is 1.88. The molecule has 1 heterocycles. The number of aromatic nitrogens is 1. The number of rotatable bonds is 0. The fraction of sp³-hybridized carbons (Fsp3) is 0.286. The Bertz CT molecular complexity index is 226. The average Bonchev–Trinajstić information content (AvgIpc) is 1.64. The van der Waals surface area contributed by atoms with Crippen molar-refractivity contribution >= 4 is 0 Å². The molecule has 1 aromatic heterocycles. The molecule has 1 rings (SSSR count). The normalized spacial score (nSPS) is 8.11. The van der Waals surface area contributed by atoms with Crippen LogP contribution >= 0.6 is 0 Å². The number of nitrogens with one attached hydrogen (secondary N) is 1. The SMILES string of the molecule is C.Cc1cc[nH]c(=O)c1. The zero-order chi connectivity index (χ0) is 5.98. The van der Waals surface area contributed by atoms with Crippen LogP contribution in [0.1, 0.15) is 13.0 Å². The quantitative estimate of drug-likeness (QED) is 0.557. The lowest BCUT2D eigenvalue weighted by Crippen LogP contribution is -2.01. The monoisotopic (exact) mass is 125 g/mol. The van der Waals surface area contributed by atoms with Gasteiger partial charge in [0.15, 0.2) is 0 Å². The first-order valence-electron chi connectivity index (χ1n) is 2.44. The van der Waals surface area contributed by atoms with Gasteiger partial charge >= 0.3 is 0 Å². The van der Waals surface area contributed by atoms with Crippen LogP contribution in [0.2, 0.25) is 0 Å². The minimum Gasteiger partial charge on any atom is -0.329 e. The Balaban J connectivity index is 0.000000640. The molecule has 0 saturated carbocycles. The van der Waals surface area contributed by atoms with E-state index in [0.29, 0.717) is 0 Å². The molecular weight excluding hydrogens is 114 g/mol. The fourth-order valence-corrected chi connectivity index (χ4v) is 0.552. The summed E-state index contributed by atoms with van der Waals surface area (Å²) in [5.41, 5.74) is 0.957. The van der Waals surface area contributed by atoms with E-state index < -0.39 is 0 Å². The van der Waals surface area contributed by atoms with Gasteiger partial charge in [-0.2, -0.15) is 0 Å². The first-order valence-corrected chi connectivity index (χ1v) is 2.44. The van der Waals surface area contributed by atoms with Gasteiger partial charge in [-0.05, 0) is 18.6 Å². The largest absolute Gasteiger partial charge is 0.329 e. The Hall–Kier alpha value is -1.05. The van der Waals surface area contributed by atoms with Crippen LogP contribution < -0.4 is 5.56 Å². The highest BCUT2D eigenvalue weighted by Gasteiger charge is 1.80. The lowest BCUT2D eigenvalue weighted by molar-refractivity contribution is 1.21. The van der Waals surface area contributed by atoms with Crippen molar-refractivity contribution in [1.29, 1.82) is 0 Å². The molecule has 2 heteroatoms. The van der Waals surface area contributed by atoms with E-state index in [0.717, 1.165) is 5.56 Å². The molecule has 0 unspecified atom stereocenters. The van der Waals surface area contributed by atoms with Crippen molar-refractivity contribution in [3.8, 4) is 0 Å². The maximum atomic E-state index is 10.4. The highest BCUT2D eigenvalue weighted by atomic mass is 16.1. The Morgan fingerprint density at radius 1 is 1.56 bits per heavy atom. The second-order valence-corrected chi connectivity index (χ2v) is 1.73. The number of H-pyrrole nitrogens is 1. The van der Waals surface area contributed by atoms with Crippen molar-refractivity contribution in [3.05, 3.63) is 34.2 Å². The third-order valence-electron chi connectivity index (χ3n) is 0.931. The number of hydrogen-bond acceptors (Lipinski definition) is 1. The third-order valence-corrected chi connectivity index (χ3v) is 0.931. The first kappa shape index (κ1) is 7.95. The molecular formula is C7H11NO. The van der Waals surface area contributed by atoms with Crippen molar-refractivity contribution in [3.63, 3.8) is 0 Å². The fourth-order valence-electron chi connectivity index (χ4n) is 0.552. The summed E-state index contributed by atoms with van der Waals surface area (Å²) < 4.78 is 0. The third kappa shape index (κ3) is 2.13. The summed E-state index contributed by atoms with van der Waals surface area (Å²) in [4.78, 5) is 13.0. The Kier molecular flexibility index (Phi) is 2.71. The van der Waals surface area contributed by atoms with Crippen LogP contribution in [0.25, 0.3) is 0 Å². The van der Waals surface area contributed by atoms with Crippen molar-refractivity contribution in [2.24, 2.45) is 0 Å². The predicted molar refractivity (Wildman–Crippen MR) is 38.5 cm³/mol. The Labute approximate surface area is 54.5 Å². The van der Waals surface area contributed by atoms with Crippen LogP contribution in [0.4, 0.5) is 0 Å². The summed E-state index contributed by atoms with van der Waals surface area (Å²) in [6.07, 6.45) is 1.64. The van der Waals surface area contributed by atoms with E-state index >= 15 is 0 Å². The van der Waals surface area contributed by atoms with Gasteiger partial charge in [0.25, 0.3) is 0 Å². The van der Waals surface area contributed by atoms with Gasteiger partial charge in [-0.3, -0.25) is 4.79 Å². The molecule has 0 aromatic carbocycles. The smallest absolute Gasteiger partial charge is 0.248 e. The maximum Gasteiger partial charge on any atom is 0.248 e. The molecule has 50 valence electrons. The zero-order valence-corrected chi connectivity index (χ0v) is 4.64. The minimum absolute atomic E-state index is 0. The van der Waals surface area contributed by atoms with Crippen LogP contribution in [0, 0.1) is 6.92 Å². The van der Waals surface area contributed by atoms with Gasteiger partial charge in [-0.25, -0.2) is 0 Å². The van der Waals surface area contributed by atoms with Crippen molar-refractivity contribution in [1.82, 2.24) is 4.98 Å². The number of aryl methyl sites for hydroxylation is 1. The Morgan fingerprint density at radius 2 is 2.22 bits per heavy atom. The van der Waals surface area contributed by atoms with E-state index in [2.05, 4.69) is 4.98 Å². The van der Waals surface area contributed by atoms with Crippen LogP contribution in [-0.2, 0) is 0 Å². The van der Waals surface area contributed by atoms with Gasteiger partial charge in [0.05, 0.1) is 0 Å². The van der Waals surface area contributed by atoms with Gasteiger partial charge in [0, 0.05) is 12.3 Å². The van der Waals surface area contributed by atoms with Crippen molar-refractivity contribution < 1.29 is 0 Å². The van der Waals surface area contributed by atoms with Gasteiger partial charge in [0.2, 0.25) is 5.56 Å². The van der Waals surface area contributed by atoms with Crippen LogP contribution in [0.15, 0.2) is 23.1 Å². The van der Waals surface area contributed by atoms with Crippen LogP contribution in [-0.4, -0.2) is 4.98 Å². The second-order valence-electron chi connectivity index (χ2n) is 1.73. The topological polar surface area (TPSA) is 32.9 Å². The number of pyridine rings is 1. The summed E-state index contributed by atoms with van der Waals surface area (Å²) >= 11 is 0. The van der Waals surface area contributed by atoms with E-state index in [1.807, 2.05) is 13.0 Å². The molecule has 0 radical (unpaired) electrons. The highest BCUT2D eigenvalue weighted by molar-refractivity contribution is 5.06. The molecule has 0 aliphatic rings. The van der Waals surface area contributed by atoms with Gasteiger partial charge in [0.1, 0.15) is 0 Å². The molecule has 0 aliphatic heterocycles. The van der Waals surface area contributed by atoms with Crippen LogP contribution in [0.5, 0.6) is 0 Å². The average molecular weight is 125 g/mol. The Morgan fingerprint density at radius 3 is 2.56 bits per heavy atom. The summed E-state index contributed by atoms with van der Waals surface area (Å²) in [5.74, 6) is 0. The van der Waals surface area contributed by atoms with E-state index in [9.17, 15) is 4.79 Å². The molecule has 1 N–H and O–H groups in total. The molecule has 1 aromatic rings. The lowest BCUT2D eigenvalue weighted by atomic mass is 10.3. The summed E-state index contributed by atoms with van der Waals surface area (Å²) in [7, 11) is 0. The number of hydrogen-bond donors (Lipinski definition) is 1. The predicted octanol–water partition coefficient (Wildman–Crippen LogP) is 1.32. The first-order chi connectivity index (χ1) is 3.79. The lowest BCUT2D eigenvalue weighted by Gasteiger charge is -1.83.